The minimum Gasteiger partial charge on any atom is -0.341 e. The summed E-state index contributed by atoms with van der Waals surface area (Å²) in [7, 11) is 2.01. The molecule has 0 saturated carbocycles. The molecule has 0 aliphatic carbocycles. The van der Waals surface area contributed by atoms with Crippen LogP contribution in [0.5, 0.6) is 0 Å². The van der Waals surface area contributed by atoms with E-state index < -0.39 is 0 Å². The summed E-state index contributed by atoms with van der Waals surface area (Å²) in [5.41, 5.74) is 1.31. The van der Waals surface area contributed by atoms with Crippen molar-refractivity contribution in [2.75, 3.05) is 33.2 Å². The van der Waals surface area contributed by atoms with Crippen LogP contribution in [0.15, 0.2) is 30.3 Å². The van der Waals surface area contributed by atoms with Gasteiger partial charge in [-0.25, -0.2) is 0 Å². The SMILES string of the molecule is CNCC1CCN(C(=O)C2CCCCN2Cc2ccccc2)CC1. The Hall–Kier alpha value is -1.39. The quantitative estimate of drug-likeness (QED) is 0.901. The van der Waals surface area contributed by atoms with Crippen LogP contribution < -0.4 is 5.32 Å². The maximum atomic E-state index is 13.1. The first-order valence-corrected chi connectivity index (χ1v) is 9.49. The second-order valence-electron chi connectivity index (χ2n) is 7.29. The second kappa shape index (κ2) is 8.63. The van der Waals surface area contributed by atoms with E-state index in [1.54, 1.807) is 0 Å². The smallest absolute Gasteiger partial charge is 0.239 e. The molecule has 1 aromatic carbocycles. The first-order valence-electron chi connectivity index (χ1n) is 9.49. The van der Waals surface area contributed by atoms with Crippen molar-refractivity contribution in [1.82, 2.24) is 15.1 Å². The zero-order valence-electron chi connectivity index (χ0n) is 14.9. The fourth-order valence-electron chi connectivity index (χ4n) is 4.13. The number of hydrogen-bond donors (Lipinski definition) is 1. The van der Waals surface area contributed by atoms with E-state index in [4.69, 9.17) is 0 Å². The molecule has 132 valence electrons. The first-order chi connectivity index (χ1) is 11.8. The van der Waals surface area contributed by atoms with Gasteiger partial charge in [-0.05, 0) is 57.3 Å². The maximum absolute atomic E-state index is 13.1. The average molecular weight is 329 g/mol. The highest BCUT2D eigenvalue weighted by atomic mass is 16.2. The lowest BCUT2D eigenvalue weighted by Gasteiger charge is -2.40. The zero-order valence-corrected chi connectivity index (χ0v) is 14.9. The molecular weight excluding hydrogens is 298 g/mol. The van der Waals surface area contributed by atoms with Gasteiger partial charge in [0.2, 0.25) is 5.91 Å². The molecule has 4 heteroatoms. The van der Waals surface area contributed by atoms with Gasteiger partial charge >= 0.3 is 0 Å². The van der Waals surface area contributed by atoms with E-state index in [0.717, 1.165) is 57.9 Å². The van der Waals surface area contributed by atoms with Gasteiger partial charge in [0.25, 0.3) is 0 Å². The van der Waals surface area contributed by atoms with Crippen molar-refractivity contribution in [3.05, 3.63) is 35.9 Å². The fourth-order valence-corrected chi connectivity index (χ4v) is 4.13. The zero-order chi connectivity index (χ0) is 16.8. The predicted molar refractivity (Wildman–Crippen MR) is 97.7 cm³/mol. The topological polar surface area (TPSA) is 35.6 Å². The molecule has 1 unspecified atom stereocenters. The molecule has 1 aromatic rings. The summed E-state index contributed by atoms with van der Waals surface area (Å²) in [6.45, 7) is 4.88. The standard InChI is InChI=1S/C20H31N3O/c1-21-15-17-10-13-22(14-11-17)20(24)19-9-5-6-12-23(19)16-18-7-3-2-4-8-18/h2-4,7-8,17,19,21H,5-6,9-16H2,1H3. The van der Waals surface area contributed by atoms with Crippen molar-refractivity contribution < 1.29 is 4.79 Å². The molecule has 3 rings (SSSR count). The Labute approximate surface area is 146 Å². The second-order valence-corrected chi connectivity index (χ2v) is 7.29. The van der Waals surface area contributed by atoms with E-state index in [-0.39, 0.29) is 6.04 Å². The Balaban J connectivity index is 1.59. The van der Waals surface area contributed by atoms with Crippen LogP contribution in [-0.4, -0.2) is 55.0 Å². The van der Waals surface area contributed by atoms with Crippen molar-refractivity contribution in [3.8, 4) is 0 Å². The number of amides is 1. The summed E-state index contributed by atoms with van der Waals surface area (Å²) >= 11 is 0. The Bertz CT molecular complexity index is 511. The Morgan fingerprint density at radius 2 is 1.83 bits per heavy atom. The summed E-state index contributed by atoms with van der Waals surface area (Å²) in [4.78, 5) is 17.6. The number of carbonyl (C=O) groups excluding carboxylic acids is 1. The number of piperidine rings is 2. The Morgan fingerprint density at radius 1 is 1.08 bits per heavy atom. The van der Waals surface area contributed by atoms with Gasteiger partial charge < -0.3 is 10.2 Å². The third-order valence-electron chi connectivity index (χ3n) is 5.55. The predicted octanol–water partition coefficient (Wildman–Crippen LogP) is 2.50. The minimum atomic E-state index is 0.0832. The largest absolute Gasteiger partial charge is 0.341 e. The highest BCUT2D eigenvalue weighted by Gasteiger charge is 2.33. The molecule has 1 amide bonds. The van der Waals surface area contributed by atoms with Gasteiger partial charge in [0.05, 0.1) is 6.04 Å². The third-order valence-corrected chi connectivity index (χ3v) is 5.55. The number of rotatable bonds is 5. The minimum absolute atomic E-state index is 0.0832. The molecular formula is C20H31N3O. The van der Waals surface area contributed by atoms with Crippen LogP contribution in [0.25, 0.3) is 0 Å². The molecule has 2 fully saturated rings. The van der Waals surface area contributed by atoms with Gasteiger partial charge in [-0.3, -0.25) is 9.69 Å². The van der Waals surface area contributed by atoms with Crippen LogP contribution in [-0.2, 0) is 11.3 Å². The normalized spacial score (nSPS) is 23.4. The van der Waals surface area contributed by atoms with Crippen molar-refractivity contribution in [3.63, 3.8) is 0 Å². The molecule has 4 nitrogen and oxygen atoms in total. The van der Waals surface area contributed by atoms with E-state index in [2.05, 4.69) is 45.4 Å². The molecule has 0 bridgehead atoms. The van der Waals surface area contributed by atoms with Gasteiger partial charge in [0, 0.05) is 19.6 Å². The van der Waals surface area contributed by atoms with Crippen molar-refractivity contribution in [1.29, 1.82) is 0 Å². The number of carbonyl (C=O) groups is 1. The van der Waals surface area contributed by atoms with Gasteiger partial charge in [-0.15, -0.1) is 0 Å². The van der Waals surface area contributed by atoms with E-state index in [1.807, 2.05) is 7.05 Å². The summed E-state index contributed by atoms with van der Waals surface area (Å²) in [5.74, 6) is 1.10. The molecule has 0 aromatic heterocycles. The molecule has 2 aliphatic heterocycles. The lowest BCUT2D eigenvalue weighted by Crippen LogP contribution is -2.52. The average Bonchev–Trinajstić information content (AvgIpc) is 2.63. The first kappa shape index (κ1) is 17.4. The van der Waals surface area contributed by atoms with Crippen LogP contribution in [0.3, 0.4) is 0 Å². The number of likely N-dealkylation sites (tertiary alicyclic amines) is 2. The number of hydrogen-bond acceptors (Lipinski definition) is 3. The molecule has 1 N–H and O–H groups in total. The van der Waals surface area contributed by atoms with Crippen molar-refractivity contribution in [2.24, 2.45) is 5.92 Å². The van der Waals surface area contributed by atoms with E-state index >= 15 is 0 Å². The van der Waals surface area contributed by atoms with Crippen molar-refractivity contribution in [2.45, 2.75) is 44.7 Å². The highest BCUT2D eigenvalue weighted by Crippen LogP contribution is 2.24. The lowest BCUT2D eigenvalue weighted by atomic mass is 9.94. The summed E-state index contributed by atoms with van der Waals surface area (Å²) in [5, 5.41) is 3.27. The van der Waals surface area contributed by atoms with E-state index in [9.17, 15) is 4.79 Å². The maximum Gasteiger partial charge on any atom is 0.239 e. The summed E-state index contributed by atoms with van der Waals surface area (Å²) in [6.07, 6.45) is 5.68. The lowest BCUT2D eigenvalue weighted by molar-refractivity contribution is -0.140. The molecule has 2 aliphatic rings. The monoisotopic (exact) mass is 329 g/mol. The van der Waals surface area contributed by atoms with Crippen LogP contribution >= 0.6 is 0 Å². The highest BCUT2D eigenvalue weighted by molar-refractivity contribution is 5.82. The van der Waals surface area contributed by atoms with Crippen LogP contribution in [0, 0.1) is 5.92 Å². The van der Waals surface area contributed by atoms with Crippen molar-refractivity contribution >= 4 is 5.91 Å². The summed E-state index contributed by atoms with van der Waals surface area (Å²) in [6, 6.07) is 10.6. The van der Waals surface area contributed by atoms with Gasteiger partial charge in [-0.1, -0.05) is 36.8 Å². The Morgan fingerprint density at radius 3 is 2.54 bits per heavy atom. The van der Waals surface area contributed by atoms with Crippen LogP contribution in [0.2, 0.25) is 0 Å². The molecule has 0 radical (unpaired) electrons. The third kappa shape index (κ3) is 4.37. The summed E-state index contributed by atoms with van der Waals surface area (Å²) < 4.78 is 0. The van der Waals surface area contributed by atoms with E-state index in [1.165, 1.54) is 18.4 Å². The van der Waals surface area contributed by atoms with Gasteiger partial charge in [-0.2, -0.15) is 0 Å². The van der Waals surface area contributed by atoms with Crippen LogP contribution in [0.4, 0.5) is 0 Å². The molecule has 2 heterocycles. The Kier molecular flexibility index (Phi) is 6.27. The number of nitrogens with zero attached hydrogens (tertiary/aromatic N) is 2. The van der Waals surface area contributed by atoms with E-state index in [0.29, 0.717) is 5.91 Å². The molecule has 2 saturated heterocycles. The number of nitrogens with one attached hydrogen (secondary N) is 1. The van der Waals surface area contributed by atoms with Crippen LogP contribution in [0.1, 0.15) is 37.7 Å². The fraction of sp³-hybridized carbons (Fsp3) is 0.650. The molecule has 0 spiro atoms. The number of benzene rings is 1. The van der Waals surface area contributed by atoms with Gasteiger partial charge in [0.1, 0.15) is 0 Å². The molecule has 24 heavy (non-hydrogen) atoms. The van der Waals surface area contributed by atoms with Gasteiger partial charge in [0.15, 0.2) is 0 Å². The molecule has 1 atom stereocenters.